The van der Waals surface area contributed by atoms with Gasteiger partial charge < -0.3 is 20.1 Å². The predicted molar refractivity (Wildman–Crippen MR) is 73.0 cm³/mol. The number of benzene rings is 1. The Morgan fingerprint density at radius 3 is 2.64 bits per heavy atom. The molecule has 8 heteroatoms. The number of alkyl halides is 2. The van der Waals surface area contributed by atoms with Gasteiger partial charge in [-0.15, -0.1) is 0 Å². The van der Waals surface area contributed by atoms with Gasteiger partial charge in [0.1, 0.15) is 6.61 Å². The second kappa shape index (κ2) is 6.69. The highest BCUT2D eigenvalue weighted by Crippen LogP contribution is 2.18. The van der Waals surface area contributed by atoms with Crippen LogP contribution >= 0.6 is 0 Å². The molecule has 0 radical (unpaired) electrons. The first-order chi connectivity index (χ1) is 10.4. The first kappa shape index (κ1) is 16.2. The summed E-state index contributed by atoms with van der Waals surface area (Å²) in [5.74, 6) is -4.10. The lowest BCUT2D eigenvalue weighted by atomic mass is 10.1. The lowest BCUT2D eigenvalue weighted by Crippen LogP contribution is -2.45. The zero-order valence-corrected chi connectivity index (χ0v) is 11.7. The molecule has 2 rings (SSSR count). The number of hydrogen-bond donors (Lipinski definition) is 2. The molecule has 6 nitrogen and oxygen atoms in total. The van der Waals surface area contributed by atoms with E-state index in [0.29, 0.717) is 5.56 Å². The monoisotopic (exact) mass is 314 g/mol. The summed E-state index contributed by atoms with van der Waals surface area (Å²) < 4.78 is 31.5. The van der Waals surface area contributed by atoms with Gasteiger partial charge in [-0.2, -0.15) is 0 Å². The molecule has 2 amide bonds. The van der Waals surface area contributed by atoms with Crippen molar-refractivity contribution in [1.82, 2.24) is 10.2 Å². The summed E-state index contributed by atoms with van der Waals surface area (Å²) in [5, 5.41) is 11.3. The van der Waals surface area contributed by atoms with E-state index in [4.69, 9.17) is 9.84 Å². The van der Waals surface area contributed by atoms with E-state index in [0.717, 1.165) is 4.90 Å². The summed E-state index contributed by atoms with van der Waals surface area (Å²) in [6, 6.07) is 5.34. The molecule has 0 aliphatic carbocycles. The van der Waals surface area contributed by atoms with Crippen molar-refractivity contribution in [1.29, 1.82) is 0 Å². The molecule has 1 fully saturated rings. The fourth-order valence-electron chi connectivity index (χ4n) is 2.03. The Balaban J connectivity index is 1.90. The number of carbonyl (C=O) groups excluding carboxylic acids is 1. The summed E-state index contributed by atoms with van der Waals surface area (Å²) in [7, 11) is 0. The first-order valence-electron chi connectivity index (χ1n) is 6.68. The summed E-state index contributed by atoms with van der Waals surface area (Å²) in [6.07, 6.45) is 0. The van der Waals surface area contributed by atoms with Gasteiger partial charge in [-0.25, -0.2) is 18.4 Å². The zero-order valence-electron chi connectivity index (χ0n) is 11.7. The largest absolute Gasteiger partial charge is 0.478 e. The van der Waals surface area contributed by atoms with Crippen LogP contribution in [0.5, 0.6) is 0 Å². The van der Waals surface area contributed by atoms with Crippen molar-refractivity contribution in [3.05, 3.63) is 35.4 Å². The fraction of sp³-hybridized carbons (Fsp3) is 0.429. The maximum atomic E-state index is 13.4. The van der Waals surface area contributed by atoms with Crippen molar-refractivity contribution in [2.75, 3.05) is 26.3 Å². The van der Waals surface area contributed by atoms with Crippen LogP contribution in [-0.4, -0.2) is 54.2 Å². The number of amides is 2. The molecular formula is C14H16F2N2O4. The Morgan fingerprint density at radius 1 is 1.32 bits per heavy atom. The van der Waals surface area contributed by atoms with Crippen LogP contribution in [0.15, 0.2) is 24.3 Å². The Morgan fingerprint density at radius 2 is 2.00 bits per heavy atom. The molecule has 1 aromatic carbocycles. The molecule has 0 spiro atoms. The molecule has 0 unspecified atom stereocenters. The molecule has 1 aliphatic rings. The van der Waals surface area contributed by atoms with Crippen molar-refractivity contribution in [3.8, 4) is 0 Å². The minimum absolute atomic E-state index is 0.0658. The van der Waals surface area contributed by atoms with Gasteiger partial charge in [-0.3, -0.25) is 0 Å². The molecule has 0 bridgehead atoms. The number of ether oxygens (including phenoxy) is 1. The number of aromatic carboxylic acids is 1. The van der Waals surface area contributed by atoms with Gasteiger partial charge in [0.15, 0.2) is 0 Å². The molecular weight excluding hydrogens is 298 g/mol. The summed E-state index contributed by atoms with van der Waals surface area (Å²) >= 11 is 0. The van der Waals surface area contributed by atoms with Crippen LogP contribution in [0.25, 0.3) is 0 Å². The van der Waals surface area contributed by atoms with E-state index in [1.54, 1.807) is 12.1 Å². The van der Waals surface area contributed by atoms with E-state index in [9.17, 15) is 18.4 Å². The predicted octanol–water partition coefficient (Wildman–Crippen LogP) is 1.56. The normalized spacial score (nSPS) is 17.6. The van der Waals surface area contributed by atoms with Gasteiger partial charge in [0.25, 0.3) is 5.92 Å². The third-order valence-electron chi connectivity index (χ3n) is 3.17. The van der Waals surface area contributed by atoms with Crippen LogP contribution in [0.1, 0.15) is 15.9 Å². The van der Waals surface area contributed by atoms with E-state index >= 15 is 0 Å². The van der Waals surface area contributed by atoms with Crippen molar-refractivity contribution in [2.24, 2.45) is 0 Å². The van der Waals surface area contributed by atoms with Crippen LogP contribution in [-0.2, 0) is 11.3 Å². The van der Waals surface area contributed by atoms with Crippen LogP contribution in [0.3, 0.4) is 0 Å². The number of hydrogen-bond acceptors (Lipinski definition) is 3. The molecule has 120 valence electrons. The molecule has 22 heavy (non-hydrogen) atoms. The van der Waals surface area contributed by atoms with Crippen molar-refractivity contribution < 1.29 is 28.2 Å². The number of carboxylic acid groups (broad SMARTS) is 1. The quantitative estimate of drug-likeness (QED) is 0.887. The van der Waals surface area contributed by atoms with Crippen LogP contribution in [0, 0.1) is 0 Å². The Labute approximate surface area is 125 Å². The second-order valence-electron chi connectivity index (χ2n) is 4.99. The maximum absolute atomic E-state index is 13.4. The van der Waals surface area contributed by atoms with Crippen LogP contribution in [0.4, 0.5) is 13.6 Å². The first-order valence-corrected chi connectivity index (χ1v) is 6.68. The molecule has 1 heterocycles. The van der Waals surface area contributed by atoms with Gasteiger partial charge in [0, 0.05) is 13.1 Å². The number of urea groups is 1. The van der Waals surface area contributed by atoms with Crippen molar-refractivity contribution in [3.63, 3.8) is 0 Å². The number of carbonyl (C=O) groups is 2. The van der Waals surface area contributed by atoms with E-state index in [-0.39, 0.29) is 25.3 Å². The third kappa shape index (κ3) is 4.39. The molecule has 0 aromatic heterocycles. The summed E-state index contributed by atoms with van der Waals surface area (Å²) in [5.41, 5.74) is 0.815. The minimum Gasteiger partial charge on any atom is -0.478 e. The number of nitrogens with one attached hydrogen (secondary N) is 1. The average molecular weight is 314 g/mol. The van der Waals surface area contributed by atoms with Gasteiger partial charge in [0.05, 0.1) is 18.7 Å². The number of nitrogens with zero attached hydrogens (tertiary/aromatic N) is 1. The second-order valence-corrected chi connectivity index (χ2v) is 4.99. The maximum Gasteiger partial charge on any atom is 0.335 e. The number of rotatable bonds is 3. The standard InChI is InChI=1S/C14H16F2N2O4/c15-14(16)8-18(5-6-22-9-14)13(21)17-7-10-1-3-11(4-2-10)12(19)20/h1-4H,5-9H2,(H,17,21)(H,19,20). The van der Waals surface area contributed by atoms with Crippen LogP contribution in [0.2, 0.25) is 0 Å². The smallest absolute Gasteiger partial charge is 0.335 e. The summed E-state index contributed by atoms with van der Waals surface area (Å²) in [6.45, 7) is -1.08. The van der Waals surface area contributed by atoms with Gasteiger partial charge in [-0.05, 0) is 17.7 Å². The van der Waals surface area contributed by atoms with Crippen molar-refractivity contribution >= 4 is 12.0 Å². The highest BCUT2D eigenvalue weighted by molar-refractivity contribution is 5.87. The molecule has 0 saturated carbocycles. The Kier molecular flexibility index (Phi) is 4.92. The van der Waals surface area contributed by atoms with Gasteiger partial charge in [-0.1, -0.05) is 12.1 Å². The Bertz CT molecular complexity index is 548. The van der Waals surface area contributed by atoms with Gasteiger partial charge >= 0.3 is 12.0 Å². The molecule has 1 saturated heterocycles. The van der Waals surface area contributed by atoms with Gasteiger partial charge in [0.2, 0.25) is 0 Å². The highest BCUT2D eigenvalue weighted by Gasteiger charge is 2.36. The van der Waals surface area contributed by atoms with E-state index in [2.05, 4.69) is 5.32 Å². The fourth-order valence-corrected chi connectivity index (χ4v) is 2.03. The average Bonchev–Trinajstić information content (AvgIpc) is 2.66. The molecule has 1 aliphatic heterocycles. The van der Waals surface area contributed by atoms with E-state index in [1.807, 2.05) is 0 Å². The third-order valence-corrected chi connectivity index (χ3v) is 3.17. The van der Waals surface area contributed by atoms with E-state index in [1.165, 1.54) is 12.1 Å². The lowest BCUT2D eigenvalue weighted by Gasteiger charge is -2.23. The summed E-state index contributed by atoms with van der Waals surface area (Å²) in [4.78, 5) is 23.7. The van der Waals surface area contributed by atoms with Crippen LogP contribution < -0.4 is 5.32 Å². The Hall–Kier alpha value is -2.22. The molecule has 2 N–H and O–H groups in total. The minimum atomic E-state index is -3.06. The van der Waals surface area contributed by atoms with E-state index < -0.39 is 31.1 Å². The SMILES string of the molecule is O=C(O)c1ccc(CNC(=O)N2CCOCC(F)(F)C2)cc1. The number of carboxylic acids is 1. The zero-order chi connectivity index (χ0) is 16.2. The molecule has 0 atom stereocenters. The highest BCUT2D eigenvalue weighted by atomic mass is 19.3. The molecule has 1 aromatic rings. The number of halogens is 2. The topological polar surface area (TPSA) is 78.9 Å². The van der Waals surface area contributed by atoms with Crippen molar-refractivity contribution in [2.45, 2.75) is 12.5 Å². The lowest BCUT2D eigenvalue weighted by molar-refractivity contribution is -0.0652.